The van der Waals surface area contributed by atoms with E-state index in [2.05, 4.69) is 39.8 Å². The molecule has 9 heteroatoms. The number of hydrogen-bond donors (Lipinski definition) is 0. The molecule has 0 unspecified atom stereocenters. The smallest absolute Gasteiger partial charge is 0.163 e. The van der Waals surface area contributed by atoms with Gasteiger partial charge in [0.05, 0.1) is 27.8 Å². The van der Waals surface area contributed by atoms with E-state index in [9.17, 15) is 0 Å². The summed E-state index contributed by atoms with van der Waals surface area (Å²) in [5.41, 5.74) is 3.08. The number of rotatable bonds is 4. The van der Waals surface area contributed by atoms with Crippen molar-refractivity contribution in [1.82, 2.24) is 24.6 Å². The molecule has 5 rings (SSSR count). The Bertz CT molecular complexity index is 1090. The van der Waals surface area contributed by atoms with Crippen LogP contribution in [0.5, 0.6) is 0 Å². The second kappa shape index (κ2) is 8.39. The van der Waals surface area contributed by atoms with Crippen molar-refractivity contribution in [1.29, 1.82) is 0 Å². The molecule has 2 aliphatic heterocycles. The lowest BCUT2D eigenvalue weighted by Gasteiger charge is -2.35. The molecular formula is C22H24Cl2N6O. The van der Waals surface area contributed by atoms with Crippen molar-refractivity contribution in [2.45, 2.75) is 45.8 Å². The fourth-order valence-corrected chi connectivity index (χ4v) is 4.86. The van der Waals surface area contributed by atoms with Gasteiger partial charge in [-0.3, -0.25) is 4.90 Å². The van der Waals surface area contributed by atoms with E-state index in [1.165, 1.54) is 0 Å². The second-order valence-electron chi connectivity index (χ2n) is 8.30. The topological polar surface area (TPSA) is 59.3 Å². The van der Waals surface area contributed by atoms with E-state index >= 15 is 0 Å². The van der Waals surface area contributed by atoms with Gasteiger partial charge in [-0.1, -0.05) is 35.3 Å². The zero-order valence-corrected chi connectivity index (χ0v) is 19.0. The van der Waals surface area contributed by atoms with Gasteiger partial charge in [-0.05, 0) is 37.1 Å². The number of anilines is 1. The van der Waals surface area contributed by atoms with Crippen molar-refractivity contribution in [2.24, 2.45) is 0 Å². The predicted octanol–water partition coefficient (Wildman–Crippen LogP) is 4.23. The number of pyridine rings is 1. The Hall–Kier alpha value is -2.19. The number of morpholine rings is 1. The Balaban J connectivity index is 1.45. The number of halogens is 2. The van der Waals surface area contributed by atoms with Crippen LogP contribution in [0.2, 0.25) is 10.0 Å². The maximum atomic E-state index is 6.45. The van der Waals surface area contributed by atoms with Gasteiger partial charge in [0.1, 0.15) is 18.8 Å². The van der Waals surface area contributed by atoms with Crippen LogP contribution in [0.3, 0.4) is 0 Å². The number of aromatic nitrogens is 4. The van der Waals surface area contributed by atoms with E-state index in [0.717, 1.165) is 48.0 Å². The van der Waals surface area contributed by atoms with E-state index in [-0.39, 0.29) is 12.2 Å². The Labute approximate surface area is 191 Å². The van der Waals surface area contributed by atoms with Gasteiger partial charge < -0.3 is 9.64 Å². The lowest BCUT2D eigenvalue weighted by Crippen LogP contribution is -2.44. The van der Waals surface area contributed by atoms with E-state index in [1.807, 2.05) is 23.0 Å². The fraction of sp³-hybridized carbons (Fsp3) is 0.409. The molecule has 0 N–H and O–H groups in total. The average Bonchev–Trinajstić information content (AvgIpc) is 3.19. The van der Waals surface area contributed by atoms with Crippen molar-refractivity contribution in [3.05, 3.63) is 58.0 Å². The summed E-state index contributed by atoms with van der Waals surface area (Å²) < 4.78 is 7.76. The average molecular weight is 459 g/mol. The number of ether oxygens (including phenoxy) is 1. The molecule has 0 radical (unpaired) electrons. The van der Waals surface area contributed by atoms with E-state index in [4.69, 9.17) is 32.9 Å². The van der Waals surface area contributed by atoms with Crippen LogP contribution >= 0.6 is 23.2 Å². The monoisotopic (exact) mass is 458 g/mol. The maximum Gasteiger partial charge on any atom is 0.163 e. The summed E-state index contributed by atoms with van der Waals surface area (Å²) in [7, 11) is 0. The Morgan fingerprint density at radius 1 is 1.10 bits per heavy atom. The lowest BCUT2D eigenvalue weighted by atomic mass is 10.1. The van der Waals surface area contributed by atoms with Crippen LogP contribution < -0.4 is 4.90 Å². The highest BCUT2D eigenvalue weighted by Gasteiger charge is 2.27. The number of nitrogens with zero attached hydrogens (tertiary/aromatic N) is 6. The molecule has 0 aliphatic carbocycles. The lowest BCUT2D eigenvalue weighted by molar-refractivity contribution is -0.0705. The van der Waals surface area contributed by atoms with Crippen molar-refractivity contribution < 1.29 is 4.74 Å². The quantitative estimate of drug-likeness (QED) is 0.582. The van der Waals surface area contributed by atoms with Crippen molar-refractivity contribution in [3.63, 3.8) is 0 Å². The van der Waals surface area contributed by atoms with Crippen LogP contribution in [-0.2, 0) is 24.5 Å². The minimum atomic E-state index is 0.232. The van der Waals surface area contributed by atoms with E-state index in [1.54, 1.807) is 12.4 Å². The molecule has 7 nitrogen and oxygen atoms in total. The van der Waals surface area contributed by atoms with Gasteiger partial charge in [-0.2, -0.15) is 5.10 Å². The van der Waals surface area contributed by atoms with Crippen LogP contribution in [0.1, 0.15) is 25.0 Å². The first-order valence-electron chi connectivity index (χ1n) is 10.4. The van der Waals surface area contributed by atoms with Crippen LogP contribution in [0.4, 0.5) is 5.82 Å². The van der Waals surface area contributed by atoms with E-state index < -0.39 is 0 Å². The second-order valence-corrected chi connectivity index (χ2v) is 9.09. The molecule has 0 spiro atoms. The third kappa shape index (κ3) is 4.15. The SMILES string of the molecule is C[C@@H]1CN(Cc2cnc3c(c2)-c2ncnn2CN3Cc2cccc(Cl)c2Cl)C[C@H](C)O1. The highest BCUT2D eigenvalue weighted by Crippen LogP contribution is 2.35. The molecule has 2 aromatic heterocycles. The molecule has 3 aromatic rings. The van der Waals surface area contributed by atoms with Gasteiger partial charge >= 0.3 is 0 Å². The summed E-state index contributed by atoms with van der Waals surface area (Å²) in [5.74, 6) is 1.71. The zero-order chi connectivity index (χ0) is 21.5. The molecule has 2 aliphatic rings. The highest BCUT2D eigenvalue weighted by molar-refractivity contribution is 6.42. The van der Waals surface area contributed by atoms with Gasteiger partial charge in [0.15, 0.2) is 5.82 Å². The number of fused-ring (bicyclic) bond motifs is 3. The Kier molecular flexibility index (Phi) is 5.60. The summed E-state index contributed by atoms with van der Waals surface area (Å²) in [6, 6.07) is 7.88. The van der Waals surface area contributed by atoms with Crippen LogP contribution in [0.25, 0.3) is 11.4 Å². The van der Waals surface area contributed by atoms with Gasteiger partial charge in [0.25, 0.3) is 0 Å². The van der Waals surface area contributed by atoms with E-state index in [0.29, 0.717) is 23.3 Å². The van der Waals surface area contributed by atoms with Crippen LogP contribution in [0, 0.1) is 0 Å². The summed E-state index contributed by atoms with van der Waals surface area (Å²) in [6.45, 7) is 8.03. The summed E-state index contributed by atoms with van der Waals surface area (Å²) in [6.07, 6.45) is 4.01. The van der Waals surface area contributed by atoms with Gasteiger partial charge in [0, 0.05) is 32.4 Å². The first-order valence-corrected chi connectivity index (χ1v) is 11.2. The largest absolute Gasteiger partial charge is 0.373 e. The summed E-state index contributed by atoms with van der Waals surface area (Å²) in [4.78, 5) is 13.9. The molecular weight excluding hydrogens is 435 g/mol. The molecule has 162 valence electrons. The molecule has 1 fully saturated rings. The van der Waals surface area contributed by atoms with Crippen molar-refractivity contribution in [3.8, 4) is 11.4 Å². The minimum absolute atomic E-state index is 0.232. The third-order valence-corrected chi connectivity index (χ3v) is 6.54. The van der Waals surface area contributed by atoms with Crippen LogP contribution in [0.15, 0.2) is 36.8 Å². The number of benzene rings is 1. The first kappa shape index (κ1) is 20.7. The molecule has 0 bridgehead atoms. The molecule has 4 heterocycles. The summed E-state index contributed by atoms with van der Waals surface area (Å²) in [5, 5.41) is 5.53. The normalized spacial score (nSPS) is 21.1. The maximum absolute atomic E-state index is 6.45. The van der Waals surface area contributed by atoms with Gasteiger partial charge in [0.2, 0.25) is 0 Å². The molecule has 0 amide bonds. The molecule has 0 saturated carbocycles. The molecule has 31 heavy (non-hydrogen) atoms. The highest BCUT2D eigenvalue weighted by atomic mass is 35.5. The standard InChI is InChI=1S/C22H24Cl2N6O/c1-14-8-28(9-15(2)31-14)10-16-6-18-21(25-7-16)29(13-30-22(18)26-12-27-30)11-17-4-3-5-19(23)20(17)24/h3-7,12,14-15H,8-11,13H2,1-2H3/t14-,15+. The van der Waals surface area contributed by atoms with Gasteiger partial charge in [-0.15, -0.1) is 0 Å². The van der Waals surface area contributed by atoms with Crippen molar-refractivity contribution in [2.75, 3.05) is 18.0 Å². The Morgan fingerprint density at radius 3 is 2.71 bits per heavy atom. The fourth-order valence-electron chi connectivity index (χ4n) is 4.48. The first-order chi connectivity index (χ1) is 15.0. The van der Waals surface area contributed by atoms with Crippen LogP contribution in [-0.4, -0.2) is 49.9 Å². The Morgan fingerprint density at radius 2 is 1.90 bits per heavy atom. The van der Waals surface area contributed by atoms with Gasteiger partial charge in [-0.25, -0.2) is 14.6 Å². The molecule has 1 aromatic carbocycles. The predicted molar refractivity (Wildman–Crippen MR) is 121 cm³/mol. The zero-order valence-electron chi connectivity index (χ0n) is 17.5. The minimum Gasteiger partial charge on any atom is -0.373 e. The molecule has 1 saturated heterocycles. The summed E-state index contributed by atoms with van der Waals surface area (Å²) >= 11 is 12.7. The number of hydrogen-bond acceptors (Lipinski definition) is 6. The molecule has 2 atom stereocenters. The van der Waals surface area contributed by atoms with Crippen molar-refractivity contribution >= 4 is 29.0 Å². The third-order valence-electron chi connectivity index (χ3n) is 5.68.